The summed E-state index contributed by atoms with van der Waals surface area (Å²) in [5.41, 5.74) is 7.91. The van der Waals surface area contributed by atoms with E-state index in [9.17, 15) is 0 Å². The van der Waals surface area contributed by atoms with E-state index in [1.54, 1.807) is 6.20 Å². The summed E-state index contributed by atoms with van der Waals surface area (Å²) in [6.07, 6.45) is 1.73. The molecule has 0 saturated heterocycles. The fourth-order valence-electron chi connectivity index (χ4n) is 1.31. The van der Waals surface area contributed by atoms with Crippen LogP contribution in [0.4, 0.5) is 5.82 Å². The van der Waals surface area contributed by atoms with Gasteiger partial charge in [0.1, 0.15) is 5.82 Å². The quantitative estimate of drug-likeness (QED) is 0.760. The van der Waals surface area contributed by atoms with Crippen LogP contribution in [0.1, 0.15) is 5.56 Å². The molecule has 0 saturated carbocycles. The number of nitrogens with zero attached hydrogens (tertiary/aromatic N) is 2. The fourth-order valence-corrected chi connectivity index (χ4v) is 2.24. The molecular formula is C11H9BrIN3. The van der Waals surface area contributed by atoms with Gasteiger partial charge in [-0.15, -0.1) is 0 Å². The number of hydrogen-bond acceptors (Lipinski definition) is 3. The van der Waals surface area contributed by atoms with Crippen molar-refractivity contribution >= 4 is 44.3 Å². The standard InChI is InChI=1S/C11H9BrIN3/c1-6-2-3-7(8(12)4-6)11-15-5-9(13)10(14)16-11/h2-5H,1H3,(H2,14,15,16). The van der Waals surface area contributed by atoms with E-state index in [1.807, 2.05) is 25.1 Å². The van der Waals surface area contributed by atoms with Crippen LogP contribution < -0.4 is 5.73 Å². The van der Waals surface area contributed by atoms with Crippen molar-refractivity contribution in [2.24, 2.45) is 0 Å². The highest BCUT2D eigenvalue weighted by molar-refractivity contribution is 14.1. The highest BCUT2D eigenvalue weighted by Crippen LogP contribution is 2.27. The van der Waals surface area contributed by atoms with E-state index in [0.29, 0.717) is 11.6 Å². The Morgan fingerprint density at radius 3 is 2.75 bits per heavy atom. The Bertz CT molecular complexity index is 543. The smallest absolute Gasteiger partial charge is 0.162 e. The van der Waals surface area contributed by atoms with Crippen molar-refractivity contribution in [2.45, 2.75) is 6.92 Å². The third-order valence-electron chi connectivity index (χ3n) is 2.14. The third-order valence-corrected chi connectivity index (χ3v) is 3.62. The summed E-state index contributed by atoms with van der Waals surface area (Å²) in [7, 11) is 0. The van der Waals surface area contributed by atoms with Gasteiger partial charge in [0, 0.05) is 16.2 Å². The summed E-state index contributed by atoms with van der Waals surface area (Å²) >= 11 is 5.62. The molecule has 2 rings (SSSR count). The lowest BCUT2D eigenvalue weighted by Crippen LogP contribution is -1.98. The van der Waals surface area contributed by atoms with Crippen LogP contribution in [0.15, 0.2) is 28.9 Å². The van der Waals surface area contributed by atoms with E-state index in [4.69, 9.17) is 5.73 Å². The summed E-state index contributed by atoms with van der Waals surface area (Å²) in [5.74, 6) is 1.16. The van der Waals surface area contributed by atoms with E-state index >= 15 is 0 Å². The molecule has 0 radical (unpaired) electrons. The van der Waals surface area contributed by atoms with Crippen LogP contribution in [-0.2, 0) is 0 Å². The van der Waals surface area contributed by atoms with E-state index in [2.05, 4.69) is 48.5 Å². The summed E-state index contributed by atoms with van der Waals surface area (Å²) < 4.78 is 1.85. The minimum absolute atomic E-state index is 0.512. The first-order valence-corrected chi connectivity index (χ1v) is 6.49. The molecule has 0 aliphatic carbocycles. The largest absolute Gasteiger partial charge is 0.383 e. The van der Waals surface area contributed by atoms with Gasteiger partial charge < -0.3 is 5.73 Å². The van der Waals surface area contributed by atoms with Crippen LogP contribution in [0.2, 0.25) is 0 Å². The molecular weight excluding hydrogens is 381 g/mol. The predicted molar refractivity (Wildman–Crippen MR) is 77.0 cm³/mol. The van der Waals surface area contributed by atoms with E-state index in [0.717, 1.165) is 13.6 Å². The monoisotopic (exact) mass is 389 g/mol. The van der Waals surface area contributed by atoms with Gasteiger partial charge in [-0.3, -0.25) is 0 Å². The molecule has 3 nitrogen and oxygen atoms in total. The minimum atomic E-state index is 0.512. The fraction of sp³-hybridized carbons (Fsp3) is 0.0909. The molecule has 0 atom stereocenters. The van der Waals surface area contributed by atoms with Crippen molar-refractivity contribution in [1.29, 1.82) is 0 Å². The normalized spacial score (nSPS) is 10.4. The van der Waals surface area contributed by atoms with Gasteiger partial charge in [-0.1, -0.05) is 22.0 Å². The molecule has 0 bridgehead atoms. The number of hydrogen-bond donors (Lipinski definition) is 1. The van der Waals surface area contributed by atoms with Crippen molar-refractivity contribution in [3.8, 4) is 11.4 Å². The second-order valence-electron chi connectivity index (χ2n) is 3.41. The zero-order chi connectivity index (χ0) is 11.7. The molecule has 1 aromatic carbocycles. The first-order chi connectivity index (χ1) is 7.58. The van der Waals surface area contributed by atoms with Crippen LogP contribution in [0.5, 0.6) is 0 Å². The molecule has 0 unspecified atom stereocenters. The lowest BCUT2D eigenvalue weighted by Gasteiger charge is -2.05. The van der Waals surface area contributed by atoms with Gasteiger partial charge in [0.05, 0.1) is 3.57 Å². The van der Waals surface area contributed by atoms with Crippen molar-refractivity contribution in [2.75, 3.05) is 5.73 Å². The predicted octanol–water partition coefficient (Wildman–Crippen LogP) is 3.40. The second kappa shape index (κ2) is 4.67. The number of rotatable bonds is 1. The van der Waals surface area contributed by atoms with Crippen molar-refractivity contribution in [1.82, 2.24) is 9.97 Å². The zero-order valence-electron chi connectivity index (χ0n) is 8.54. The van der Waals surface area contributed by atoms with E-state index in [1.165, 1.54) is 5.56 Å². The highest BCUT2D eigenvalue weighted by atomic mass is 127. The van der Waals surface area contributed by atoms with E-state index < -0.39 is 0 Å². The van der Waals surface area contributed by atoms with Crippen molar-refractivity contribution in [3.63, 3.8) is 0 Å². The number of nitrogens with two attached hydrogens (primary N) is 1. The molecule has 0 aliphatic rings. The second-order valence-corrected chi connectivity index (χ2v) is 5.43. The Labute approximate surface area is 116 Å². The first-order valence-electron chi connectivity index (χ1n) is 4.62. The van der Waals surface area contributed by atoms with Gasteiger partial charge in [0.2, 0.25) is 0 Å². The SMILES string of the molecule is Cc1ccc(-c2ncc(I)c(N)n2)c(Br)c1. The lowest BCUT2D eigenvalue weighted by molar-refractivity contribution is 1.16. The Balaban J connectivity index is 2.54. The van der Waals surface area contributed by atoms with E-state index in [-0.39, 0.29) is 0 Å². The van der Waals surface area contributed by atoms with Crippen LogP contribution in [0.3, 0.4) is 0 Å². The summed E-state index contributed by atoms with van der Waals surface area (Å²) in [6.45, 7) is 2.04. The molecule has 0 amide bonds. The van der Waals surface area contributed by atoms with Gasteiger partial charge in [0.25, 0.3) is 0 Å². The Morgan fingerprint density at radius 1 is 1.38 bits per heavy atom. The molecule has 0 fully saturated rings. The third kappa shape index (κ3) is 2.35. The lowest BCUT2D eigenvalue weighted by atomic mass is 10.1. The number of aryl methyl sites for hydroxylation is 1. The van der Waals surface area contributed by atoms with Crippen LogP contribution in [-0.4, -0.2) is 9.97 Å². The maximum atomic E-state index is 5.76. The first kappa shape index (κ1) is 11.8. The highest BCUT2D eigenvalue weighted by Gasteiger charge is 2.08. The van der Waals surface area contributed by atoms with Crippen molar-refractivity contribution < 1.29 is 0 Å². The summed E-state index contributed by atoms with van der Waals surface area (Å²) in [5, 5.41) is 0. The number of anilines is 1. The molecule has 1 heterocycles. The molecule has 0 spiro atoms. The van der Waals surface area contributed by atoms with Crippen molar-refractivity contribution in [3.05, 3.63) is 38.0 Å². The summed E-state index contributed by atoms with van der Waals surface area (Å²) in [4.78, 5) is 8.53. The average molecular weight is 390 g/mol. The van der Waals surface area contributed by atoms with Gasteiger partial charge in [0.15, 0.2) is 5.82 Å². The topological polar surface area (TPSA) is 51.8 Å². The van der Waals surface area contributed by atoms with Crippen LogP contribution in [0.25, 0.3) is 11.4 Å². The molecule has 2 N–H and O–H groups in total. The Morgan fingerprint density at radius 2 is 2.12 bits per heavy atom. The maximum absolute atomic E-state index is 5.76. The maximum Gasteiger partial charge on any atom is 0.162 e. The van der Waals surface area contributed by atoms with Crippen LogP contribution >= 0.6 is 38.5 Å². The van der Waals surface area contributed by atoms with Gasteiger partial charge in [-0.25, -0.2) is 9.97 Å². The molecule has 1 aromatic heterocycles. The summed E-state index contributed by atoms with van der Waals surface area (Å²) in [6, 6.07) is 6.05. The number of halogens is 2. The zero-order valence-corrected chi connectivity index (χ0v) is 12.3. The van der Waals surface area contributed by atoms with Gasteiger partial charge in [-0.05, 0) is 47.2 Å². The minimum Gasteiger partial charge on any atom is -0.383 e. The number of aromatic nitrogens is 2. The van der Waals surface area contributed by atoms with Gasteiger partial charge in [-0.2, -0.15) is 0 Å². The average Bonchev–Trinajstić information content (AvgIpc) is 2.22. The molecule has 0 aliphatic heterocycles. The number of nitrogen functional groups attached to an aromatic ring is 1. The Hall–Kier alpha value is -0.690. The molecule has 2 aromatic rings. The molecule has 5 heteroatoms. The van der Waals surface area contributed by atoms with Crippen LogP contribution in [0, 0.1) is 10.5 Å². The molecule has 16 heavy (non-hydrogen) atoms. The Kier molecular flexibility index (Phi) is 3.44. The number of benzene rings is 1. The molecule has 82 valence electrons. The van der Waals surface area contributed by atoms with Gasteiger partial charge >= 0.3 is 0 Å².